The van der Waals surface area contributed by atoms with E-state index in [1.807, 2.05) is 0 Å². The lowest BCUT2D eigenvalue weighted by atomic mass is 9.60. The number of carbonyl (C=O) groups is 1. The molecule has 1 fully saturated rings. The molecule has 2 aromatic carbocycles. The number of nitrogens with zero attached hydrogens (tertiary/aromatic N) is 4. The Morgan fingerprint density at radius 3 is 2.39 bits per heavy atom. The van der Waals surface area contributed by atoms with Crippen LogP contribution in [-0.4, -0.2) is 45.9 Å². The van der Waals surface area contributed by atoms with Crippen molar-refractivity contribution in [3.05, 3.63) is 113 Å². The summed E-state index contributed by atoms with van der Waals surface area (Å²) >= 11 is 0. The fourth-order valence-electron chi connectivity index (χ4n) is 6.46. The molecule has 6 rings (SSSR count). The highest BCUT2D eigenvalue weighted by Crippen LogP contribution is 2.51. The highest BCUT2D eigenvalue weighted by atomic mass is 32.2. The fraction of sp³-hybridized carbons (Fsp3) is 0.281. The summed E-state index contributed by atoms with van der Waals surface area (Å²) in [6.45, 7) is 1.53. The Balaban J connectivity index is 1.43. The van der Waals surface area contributed by atoms with Crippen molar-refractivity contribution in [1.82, 2.24) is 19.1 Å². The van der Waals surface area contributed by atoms with Gasteiger partial charge in [-0.25, -0.2) is 26.3 Å². The van der Waals surface area contributed by atoms with Crippen LogP contribution in [0.15, 0.2) is 77.5 Å². The summed E-state index contributed by atoms with van der Waals surface area (Å²) in [6.07, 6.45) is -0.298. The highest BCUT2D eigenvalue weighted by molar-refractivity contribution is 7.89. The van der Waals surface area contributed by atoms with Crippen molar-refractivity contribution in [2.45, 2.75) is 49.7 Å². The maximum absolute atomic E-state index is 14.4. The van der Waals surface area contributed by atoms with Crippen LogP contribution in [0.5, 0.6) is 0 Å². The largest absolute Gasteiger partial charge is 0.417 e. The third kappa shape index (κ3) is 5.42. The molecule has 0 radical (unpaired) electrons. The van der Waals surface area contributed by atoms with Crippen molar-refractivity contribution in [1.29, 1.82) is 0 Å². The molecule has 0 spiro atoms. The highest BCUT2D eigenvalue weighted by Gasteiger charge is 2.51. The Morgan fingerprint density at radius 2 is 1.76 bits per heavy atom. The van der Waals surface area contributed by atoms with E-state index in [9.17, 15) is 39.6 Å². The molecule has 0 bridgehead atoms. The van der Waals surface area contributed by atoms with Gasteiger partial charge in [0.05, 0.1) is 33.5 Å². The van der Waals surface area contributed by atoms with Crippen molar-refractivity contribution in [2.24, 2.45) is 5.41 Å². The third-order valence-electron chi connectivity index (χ3n) is 8.68. The molecule has 14 heteroatoms. The lowest BCUT2D eigenvalue weighted by molar-refractivity contribution is -0.137. The number of fused-ring (bicyclic) bond motifs is 2. The number of hydrogen-bond donors (Lipinski definition) is 0. The predicted molar refractivity (Wildman–Crippen MR) is 155 cm³/mol. The average molecular weight is 661 g/mol. The van der Waals surface area contributed by atoms with E-state index in [2.05, 4.69) is 10.1 Å². The number of allylic oxidation sites excluding steroid dienone is 1. The minimum atomic E-state index is -4.67. The van der Waals surface area contributed by atoms with Crippen LogP contribution in [0.4, 0.5) is 26.3 Å². The number of aromatic nitrogens is 3. The van der Waals surface area contributed by atoms with Crippen molar-refractivity contribution in [3.8, 4) is 5.69 Å². The summed E-state index contributed by atoms with van der Waals surface area (Å²) in [7, 11) is -4.35. The van der Waals surface area contributed by atoms with Gasteiger partial charge in [0, 0.05) is 18.8 Å². The zero-order valence-corrected chi connectivity index (χ0v) is 25.0. The van der Waals surface area contributed by atoms with E-state index in [1.54, 1.807) is 36.0 Å². The Kier molecular flexibility index (Phi) is 7.92. The molecule has 0 unspecified atom stereocenters. The van der Waals surface area contributed by atoms with Crippen LogP contribution in [0.2, 0.25) is 0 Å². The number of halogens is 6. The van der Waals surface area contributed by atoms with Crippen LogP contribution in [0.1, 0.15) is 53.5 Å². The summed E-state index contributed by atoms with van der Waals surface area (Å²) < 4.78 is 111. The van der Waals surface area contributed by atoms with E-state index < -0.39 is 61.4 Å². The van der Waals surface area contributed by atoms with E-state index in [1.165, 1.54) is 12.1 Å². The minimum Gasteiger partial charge on any atom is -0.291 e. The SMILES string of the molecule is CCN([C@H]1CCC2=Cc3c(cnn3-c3ccc(F)cc3)C[C@]2(C(=O)c2ccc(C(F)(F)F)cn2)C1)S(=O)(=O)c1ccc(F)c(F)c1. The summed E-state index contributed by atoms with van der Waals surface area (Å²) in [6, 6.07) is 8.93. The number of pyridine rings is 1. The number of rotatable bonds is 7. The van der Waals surface area contributed by atoms with Crippen molar-refractivity contribution in [3.63, 3.8) is 0 Å². The Bertz CT molecular complexity index is 1960. The monoisotopic (exact) mass is 660 g/mol. The first kappa shape index (κ1) is 31.7. The zero-order chi connectivity index (χ0) is 33.0. The van der Waals surface area contributed by atoms with Crippen LogP contribution < -0.4 is 0 Å². The number of carbonyl (C=O) groups excluding carboxylic acids is 1. The van der Waals surface area contributed by atoms with Crippen LogP contribution in [0.25, 0.3) is 11.8 Å². The third-order valence-corrected chi connectivity index (χ3v) is 10.7. The van der Waals surface area contributed by atoms with E-state index in [0.29, 0.717) is 34.8 Å². The van der Waals surface area contributed by atoms with Gasteiger partial charge in [-0.15, -0.1) is 0 Å². The molecule has 2 aliphatic carbocycles. The van der Waals surface area contributed by atoms with Crippen LogP contribution in [0, 0.1) is 22.9 Å². The summed E-state index contributed by atoms with van der Waals surface area (Å²) in [5, 5.41) is 4.45. The van der Waals surface area contributed by atoms with E-state index in [-0.39, 0.29) is 37.9 Å². The Hall–Kier alpha value is -4.30. The van der Waals surface area contributed by atoms with Crippen LogP contribution >= 0.6 is 0 Å². The lowest BCUT2D eigenvalue weighted by Crippen LogP contribution is -2.50. The molecule has 46 heavy (non-hydrogen) atoms. The number of sulfonamides is 1. The maximum atomic E-state index is 14.4. The molecule has 240 valence electrons. The molecule has 0 N–H and O–H groups in total. The van der Waals surface area contributed by atoms with Gasteiger partial charge in [0.1, 0.15) is 11.5 Å². The second kappa shape index (κ2) is 11.5. The number of benzene rings is 2. The molecular formula is C32H26F6N4O3S. The molecule has 2 atom stereocenters. The second-order valence-electron chi connectivity index (χ2n) is 11.3. The van der Waals surface area contributed by atoms with Gasteiger partial charge in [0.2, 0.25) is 10.0 Å². The first-order valence-corrected chi connectivity index (χ1v) is 15.8. The Labute approximate surface area is 260 Å². The first-order valence-electron chi connectivity index (χ1n) is 14.3. The maximum Gasteiger partial charge on any atom is 0.417 e. The molecule has 2 aliphatic rings. The number of alkyl halides is 3. The van der Waals surface area contributed by atoms with E-state index in [0.717, 1.165) is 28.6 Å². The molecule has 2 heterocycles. The van der Waals surface area contributed by atoms with Crippen molar-refractivity contribution < 1.29 is 39.6 Å². The summed E-state index contributed by atoms with van der Waals surface area (Å²) in [4.78, 5) is 17.8. The van der Waals surface area contributed by atoms with Gasteiger partial charge >= 0.3 is 6.18 Å². The molecule has 4 aromatic rings. The number of hydrogen-bond acceptors (Lipinski definition) is 5. The van der Waals surface area contributed by atoms with Gasteiger partial charge in [-0.3, -0.25) is 9.78 Å². The van der Waals surface area contributed by atoms with Gasteiger partial charge in [-0.1, -0.05) is 12.5 Å². The molecule has 7 nitrogen and oxygen atoms in total. The second-order valence-corrected chi connectivity index (χ2v) is 13.2. The molecule has 0 aliphatic heterocycles. The smallest absolute Gasteiger partial charge is 0.291 e. The van der Waals surface area contributed by atoms with Crippen molar-refractivity contribution in [2.75, 3.05) is 6.54 Å². The molecule has 1 saturated carbocycles. The standard InChI is InChI=1S/C32H26F6N4O3S/c1-2-41(46(44,45)25-10-11-26(34)27(35)14-25)24-7-3-20-13-29-19(17-40-42(29)23-8-5-22(33)6-9-23)15-31(20,16-24)30(43)28-12-4-21(18-39-28)32(36,37)38/h4-6,8-14,17-18,24H,2-3,7,15-16H2,1H3/t24-,31-/m0/s1. The van der Waals surface area contributed by atoms with Gasteiger partial charge in [-0.2, -0.15) is 22.6 Å². The zero-order valence-electron chi connectivity index (χ0n) is 24.2. The summed E-state index contributed by atoms with van der Waals surface area (Å²) in [5.41, 5.74) is -0.234. The molecule has 0 amide bonds. The van der Waals surface area contributed by atoms with Gasteiger partial charge < -0.3 is 0 Å². The first-order chi connectivity index (χ1) is 21.7. The number of Topliss-reactive ketones (excluding diaryl/α,β-unsaturated/α-hetero) is 1. The van der Waals surface area contributed by atoms with Crippen LogP contribution in [-0.2, 0) is 22.6 Å². The van der Waals surface area contributed by atoms with Gasteiger partial charge in [-0.05, 0) is 91.9 Å². The molecule has 2 aromatic heterocycles. The minimum absolute atomic E-state index is 0.0379. The van der Waals surface area contributed by atoms with Crippen molar-refractivity contribution >= 4 is 21.9 Å². The number of ketones is 1. The predicted octanol–water partition coefficient (Wildman–Crippen LogP) is 6.78. The Morgan fingerprint density at radius 1 is 1.02 bits per heavy atom. The topological polar surface area (TPSA) is 85.2 Å². The quantitative estimate of drug-likeness (QED) is 0.161. The van der Waals surface area contributed by atoms with Crippen LogP contribution in [0.3, 0.4) is 0 Å². The summed E-state index contributed by atoms with van der Waals surface area (Å²) in [5.74, 6) is -3.56. The lowest BCUT2D eigenvalue weighted by Gasteiger charge is -2.46. The normalized spacial score (nSPS) is 19.8. The average Bonchev–Trinajstić information content (AvgIpc) is 3.43. The molecule has 0 saturated heterocycles. The van der Waals surface area contributed by atoms with Gasteiger partial charge in [0.25, 0.3) is 0 Å². The molecular weight excluding hydrogens is 634 g/mol. The van der Waals surface area contributed by atoms with E-state index >= 15 is 0 Å². The van der Waals surface area contributed by atoms with E-state index in [4.69, 9.17) is 0 Å². The fourth-order valence-corrected chi connectivity index (χ4v) is 8.13. The van der Waals surface area contributed by atoms with Gasteiger partial charge in [0.15, 0.2) is 17.4 Å².